The number of carbonyl (C=O) groups excluding carboxylic acids is 1. The number of anilines is 1. The van der Waals surface area contributed by atoms with Gasteiger partial charge in [0.25, 0.3) is 5.56 Å². The van der Waals surface area contributed by atoms with Crippen LogP contribution in [0.15, 0.2) is 77.2 Å². The molecule has 3 heterocycles. The first-order chi connectivity index (χ1) is 16.0. The molecule has 164 valence electrons. The van der Waals surface area contributed by atoms with Crippen molar-refractivity contribution in [3.63, 3.8) is 0 Å². The zero-order chi connectivity index (χ0) is 22.9. The number of benzene rings is 2. The fourth-order valence-electron chi connectivity index (χ4n) is 3.89. The van der Waals surface area contributed by atoms with E-state index < -0.39 is 0 Å². The number of nitrogens with zero attached hydrogens (tertiary/aromatic N) is 4. The summed E-state index contributed by atoms with van der Waals surface area (Å²) in [6.07, 6.45) is 1.43. The summed E-state index contributed by atoms with van der Waals surface area (Å²) in [6, 6.07) is 19.4. The van der Waals surface area contributed by atoms with Crippen LogP contribution in [0.4, 0.5) is 5.69 Å². The second kappa shape index (κ2) is 8.48. The van der Waals surface area contributed by atoms with Gasteiger partial charge in [-0.1, -0.05) is 48.5 Å². The third-order valence-corrected chi connectivity index (χ3v) is 6.40. The third kappa shape index (κ3) is 3.85. The van der Waals surface area contributed by atoms with Gasteiger partial charge in [-0.15, -0.1) is 11.3 Å². The minimum atomic E-state index is -0.312. The third-order valence-electron chi connectivity index (χ3n) is 5.52. The van der Waals surface area contributed by atoms with E-state index in [4.69, 9.17) is 0 Å². The van der Waals surface area contributed by atoms with Crippen molar-refractivity contribution < 1.29 is 4.79 Å². The lowest BCUT2D eigenvalue weighted by Gasteiger charge is -2.09. The molecule has 0 radical (unpaired) electrons. The molecule has 1 N–H and O–H groups in total. The zero-order valence-corrected chi connectivity index (χ0v) is 19.0. The van der Waals surface area contributed by atoms with Crippen molar-refractivity contribution >= 4 is 33.1 Å². The average Bonchev–Trinajstić information content (AvgIpc) is 3.39. The predicted octanol–water partition coefficient (Wildman–Crippen LogP) is 4.57. The molecule has 0 unspecified atom stereocenters. The number of fused-ring (bicyclic) bond motifs is 1. The van der Waals surface area contributed by atoms with Gasteiger partial charge in [0.15, 0.2) is 0 Å². The smallest absolute Gasteiger partial charge is 0.263 e. The quantitative estimate of drug-likeness (QED) is 0.421. The highest BCUT2D eigenvalue weighted by molar-refractivity contribution is 7.17. The van der Waals surface area contributed by atoms with E-state index in [9.17, 15) is 9.59 Å². The van der Waals surface area contributed by atoms with Crippen LogP contribution in [0.1, 0.15) is 11.4 Å². The highest BCUT2D eigenvalue weighted by Gasteiger charge is 2.18. The molecule has 0 spiro atoms. The van der Waals surface area contributed by atoms with E-state index in [2.05, 4.69) is 15.4 Å². The first-order valence-corrected chi connectivity index (χ1v) is 11.3. The Morgan fingerprint density at radius 2 is 1.73 bits per heavy atom. The summed E-state index contributed by atoms with van der Waals surface area (Å²) in [5, 5.41) is 9.95. The Hall–Kier alpha value is -4.04. The molecular weight excluding hydrogens is 434 g/mol. The van der Waals surface area contributed by atoms with Gasteiger partial charge in [-0.3, -0.25) is 14.2 Å². The first kappa shape index (κ1) is 20.8. The molecule has 2 aromatic carbocycles. The molecule has 3 aromatic heterocycles. The number of para-hydroxylation sites is 1. The SMILES string of the molecule is Cc1nn(-c2ccccc2)c(C)c1NC(=O)Cn1cnc2scc(-c3ccccc3)c2c1=O. The minimum Gasteiger partial charge on any atom is -0.321 e. The van der Waals surface area contributed by atoms with Crippen molar-refractivity contribution in [2.24, 2.45) is 0 Å². The molecule has 0 saturated carbocycles. The molecule has 7 nitrogen and oxygen atoms in total. The molecule has 0 aliphatic rings. The molecule has 5 rings (SSSR count). The highest BCUT2D eigenvalue weighted by Crippen LogP contribution is 2.30. The van der Waals surface area contributed by atoms with E-state index in [-0.39, 0.29) is 18.0 Å². The maximum absolute atomic E-state index is 13.2. The van der Waals surface area contributed by atoms with Gasteiger partial charge in [0.05, 0.1) is 34.5 Å². The topological polar surface area (TPSA) is 81.8 Å². The summed E-state index contributed by atoms with van der Waals surface area (Å²) >= 11 is 1.42. The Morgan fingerprint density at radius 3 is 2.45 bits per heavy atom. The second-order valence-corrected chi connectivity index (χ2v) is 8.57. The molecule has 8 heteroatoms. The van der Waals surface area contributed by atoms with E-state index in [1.165, 1.54) is 22.2 Å². The van der Waals surface area contributed by atoms with Crippen molar-refractivity contribution in [1.29, 1.82) is 0 Å². The summed E-state index contributed by atoms with van der Waals surface area (Å²) in [5.74, 6) is -0.312. The van der Waals surface area contributed by atoms with Crippen LogP contribution < -0.4 is 10.9 Å². The van der Waals surface area contributed by atoms with Crippen molar-refractivity contribution in [3.05, 3.63) is 94.1 Å². The van der Waals surface area contributed by atoms with Crippen LogP contribution in [0.25, 0.3) is 27.0 Å². The van der Waals surface area contributed by atoms with Crippen molar-refractivity contribution in [3.8, 4) is 16.8 Å². The minimum absolute atomic E-state index is 0.138. The van der Waals surface area contributed by atoms with Gasteiger partial charge in [-0.2, -0.15) is 5.10 Å². The lowest BCUT2D eigenvalue weighted by molar-refractivity contribution is -0.116. The number of nitrogens with one attached hydrogen (secondary N) is 1. The number of aryl methyl sites for hydroxylation is 1. The molecule has 0 fully saturated rings. The number of hydrogen-bond acceptors (Lipinski definition) is 5. The lowest BCUT2D eigenvalue weighted by Crippen LogP contribution is -2.28. The van der Waals surface area contributed by atoms with E-state index in [0.717, 1.165) is 22.5 Å². The Bertz CT molecular complexity index is 1520. The molecule has 0 saturated heterocycles. The molecule has 0 bridgehead atoms. The van der Waals surface area contributed by atoms with Crippen molar-refractivity contribution in [1.82, 2.24) is 19.3 Å². The second-order valence-electron chi connectivity index (χ2n) is 7.71. The van der Waals surface area contributed by atoms with Crippen LogP contribution >= 0.6 is 11.3 Å². The molecule has 0 atom stereocenters. The largest absolute Gasteiger partial charge is 0.321 e. The fourth-order valence-corrected chi connectivity index (χ4v) is 4.79. The number of aromatic nitrogens is 4. The van der Waals surface area contributed by atoms with Gasteiger partial charge >= 0.3 is 0 Å². The molecular formula is C25H21N5O2S. The molecule has 0 aliphatic heterocycles. The van der Waals surface area contributed by atoms with Crippen LogP contribution in [-0.4, -0.2) is 25.2 Å². The summed E-state index contributed by atoms with van der Waals surface area (Å²) in [7, 11) is 0. The van der Waals surface area contributed by atoms with Crippen LogP contribution in [0.3, 0.4) is 0 Å². The van der Waals surface area contributed by atoms with E-state index in [1.807, 2.05) is 79.9 Å². The Labute approximate surface area is 194 Å². The van der Waals surface area contributed by atoms with Crippen LogP contribution in [-0.2, 0) is 11.3 Å². The molecule has 33 heavy (non-hydrogen) atoms. The summed E-state index contributed by atoms with van der Waals surface area (Å²) < 4.78 is 3.14. The maximum atomic E-state index is 13.2. The van der Waals surface area contributed by atoms with Crippen LogP contribution in [0, 0.1) is 13.8 Å². The predicted molar refractivity (Wildman–Crippen MR) is 131 cm³/mol. The fraction of sp³-hybridized carbons (Fsp3) is 0.120. The summed E-state index contributed by atoms with van der Waals surface area (Å²) in [5.41, 5.74) is 4.63. The Kier molecular flexibility index (Phi) is 5.35. The maximum Gasteiger partial charge on any atom is 0.263 e. The number of hydrogen-bond donors (Lipinski definition) is 1. The molecule has 0 aliphatic carbocycles. The standard InChI is InChI=1S/C25H21N5O2S/c1-16-23(17(2)30(28-16)19-11-7-4-8-12-19)27-21(31)13-29-15-26-24-22(25(29)32)20(14-33-24)18-9-5-3-6-10-18/h3-12,14-15H,13H2,1-2H3,(H,27,31). The number of amides is 1. The van der Waals surface area contributed by atoms with Crippen LogP contribution in [0.2, 0.25) is 0 Å². The van der Waals surface area contributed by atoms with Gasteiger partial charge in [0, 0.05) is 10.9 Å². The summed E-state index contributed by atoms with van der Waals surface area (Å²) in [4.78, 5) is 31.2. The molecule has 5 aromatic rings. The van der Waals surface area contributed by atoms with Crippen molar-refractivity contribution in [2.75, 3.05) is 5.32 Å². The number of thiophene rings is 1. The van der Waals surface area contributed by atoms with Gasteiger partial charge in [0.1, 0.15) is 11.4 Å². The average molecular weight is 456 g/mol. The van der Waals surface area contributed by atoms with Gasteiger partial charge in [-0.05, 0) is 31.5 Å². The van der Waals surface area contributed by atoms with E-state index in [1.54, 1.807) is 4.68 Å². The van der Waals surface area contributed by atoms with Gasteiger partial charge in [0.2, 0.25) is 5.91 Å². The van der Waals surface area contributed by atoms with Gasteiger partial charge in [-0.25, -0.2) is 9.67 Å². The highest BCUT2D eigenvalue weighted by atomic mass is 32.1. The van der Waals surface area contributed by atoms with Gasteiger partial charge < -0.3 is 5.32 Å². The van der Waals surface area contributed by atoms with Crippen LogP contribution in [0.5, 0.6) is 0 Å². The molecule has 1 amide bonds. The van der Waals surface area contributed by atoms with E-state index in [0.29, 0.717) is 21.6 Å². The zero-order valence-electron chi connectivity index (χ0n) is 18.1. The first-order valence-electron chi connectivity index (χ1n) is 10.5. The monoisotopic (exact) mass is 455 g/mol. The van der Waals surface area contributed by atoms with E-state index >= 15 is 0 Å². The lowest BCUT2D eigenvalue weighted by atomic mass is 10.1. The number of carbonyl (C=O) groups is 1. The number of rotatable bonds is 5. The van der Waals surface area contributed by atoms with Crippen molar-refractivity contribution in [2.45, 2.75) is 20.4 Å². The normalized spacial score (nSPS) is 11.1. The summed E-state index contributed by atoms with van der Waals surface area (Å²) in [6.45, 7) is 3.61. The Balaban J connectivity index is 1.43. The Morgan fingerprint density at radius 1 is 1.03 bits per heavy atom.